The van der Waals surface area contributed by atoms with Crippen LogP contribution in [0, 0.1) is 0 Å². The van der Waals surface area contributed by atoms with Crippen LogP contribution in [0.2, 0.25) is 0 Å². The van der Waals surface area contributed by atoms with E-state index >= 15 is 0 Å². The summed E-state index contributed by atoms with van der Waals surface area (Å²) in [5.41, 5.74) is 7.38. The molecule has 2 heterocycles. The molecule has 2 rings (SSSR count). The number of carbonyl (C=O) groups excluding carboxylic acids is 1. The molecule has 0 saturated carbocycles. The van der Waals surface area contributed by atoms with Crippen LogP contribution >= 0.6 is 0 Å². The highest BCUT2D eigenvalue weighted by atomic mass is 16.5. The fourth-order valence-electron chi connectivity index (χ4n) is 1.82. The van der Waals surface area contributed by atoms with E-state index in [0.29, 0.717) is 30.2 Å². The first-order valence-corrected chi connectivity index (χ1v) is 6.13. The van der Waals surface area contributed by atoms with Gasteiger partial charge in [-0.3, -0.25) is 4.98 Å². The van der Waals surface area contributed by atoms with Crippen LogP contribution in [0.4, 0.5) is 5.82 Å². The second kappa shape index (κ2) is 5.51. The van der Waals surface area contributed by atoms with Crippen LogP contribution in [0.3, 0.4) is 0 Å². The average molecular weight is 260 g/mol. The number of rotatable bonds is 4. The largest absolute Gasteiger partial charge is 0.461 e. The predicted molar refractivity (Wildman–Crippen MR) is 71.5 cm³/mol. The molecular formula is C13H16N4O2. The summed E-state index contributed by atoms with van der Waals surface area (Å²) in [5, 5.41) is 4.20. The molecule has 19 heavy (non-hydrogen) atoms. The normalized spacial score (nSPS) is 10.4. The van der Waals surface area contributed by atoms with E-state index in [0.717, 1.165) is 0 Å². The van der Waals surface area contributed by atoms with E-state index in [9.17, 15) is 4.79 Å². The van der Waals surface area contributed by atoms with Crippen molar-refractivity contribution < 1.29 is 9.53 Å². The van der Waals surface area contributed by atoms with Crippen LogP contribution in [-0.2, 0) is 11.3 Å². The highest BCUT2D eigenvalue weighted by Gasteiger charge is 2.23. The van der Waals surface area contributed by atoms with Crippen molar-refractivity contribution in [3.8, 4) is 11.3 Å². The molecule has 0 aliphatic rings. The minimum Gasteiger partial charge on any atom is -0.461 e. The lowest BCUT2D eigenvalue weighted by Crippen LogP contribution is -2.08. The lowest BCUT2D eigenvalue weighted by Gasteiger charge is -2.03. The van der Waals surface area contributed by atoms with Crippen molar-refractivity contribution in [1.29, 1.82) is 0 Å². The van der Waals surface area contributed by atoms with Crippen molar-refractivity contribution in [2.75, 3.05) is 12.3 Å². The van der Waals surface area contributed by atoms with Gasteiger partial charge in [0, 0.05) is 12.7 Å². The van der Waals surface area contributed by atoms with Crippen LogP contribution in [-0.4, -0.2) is 27.3 Å². The number of aryl methyl sites for hydroxylation is 1. The molecule has 2 N–H and O–H groups in total. The number of aromatic nitrogens is 3. The second-order valence-corrected chi connectivity index (χ2v) is 3.86. The van der Waals surface area contributed by atoms with Crippen molar-refractivity contribution in [3.63, 3.8) is 0 Å². The van der Waals surface area contributed by atoms with E-state index < -0.39 is 5.97 Å². The van der Waals surface area contributed by atoms with Gasteiger partial charge in [-0.1, -0.05) is 6.07 Å². The summed E-state index contributed by atoms with van der Waals surface area (Å²) in [6, 6.07) is 5.42. The minimum atomic E-state index is -0.484. The Bertz CT molecular complexity index is 578. The summed E-state index contributed by atoms with van der Waals surface area (Å²) in [4.78, 5) is 16.2. The summed E-state index contributed by atoms with van der Waals surface area (Å²) in [5.74, 6) is -0.0636. The van der Waals surface area contributed by atoms with Gasteiger partial charge in [0.25, 0.3) is 0 Å². The van der Waals surface area contributed by atoms with E-state index in [-0.39, 0.29) is 5.69 Å². The van der Waals surface area contributed by atoms with Crippen molar-refractivity contribution in [2.24, 2.45) is 0 Å². The van der Waals surface area contributed by atoms with Gasteiger partial charge in [0.2, 0.25) is 0 Å². The Hall–Kier alpha value is -2.37. The van der Waals surface area contributed by atoms with E-state index in [2.05, 4.69) is 10.1 Å². The molecular weight excluding hydrogens is 244 g/mol. The fraction of sp³-hybridized carbons (Fsp3) is 0.308. The number of ether oxygens (including phenoxy) is 1. The molecule has 0 aliphatic heterocycles. The van der Waals surface area contributed by atoms with Crippen LogP contribution in [0.15, 0.2) is 24.4 Å². The first-order chi connectivity index (χ1) is 9.19. The fourth-order valence-corrected chi connectivity index (χ4v) is 1.82. The molecule has 100 valence electrons. The Labute approximate surface area is 111 Å². The highest BCUT2D eigenvalue weighted by Crippen LogP contribution is 2.28. The van der Waals surface area contributed by atoms with Crippen LogP contribution in [0.5, 0.6) is 0 Å². The predicted octanol–water partition coefficient (Wildman–Crippen LogP) is 1.72. The van der Waals surface area contributed by atoms with Gasteiger partial charge >= 0.3 is 5.97 Å². The molecule has 2 aromatic heterocycles. The number of nitrogen functional groups attached to an aromatic ring is 1. The second-order valence-electron chi connectivity index (χ2n) is 3.86. The molecule has 0 unspecified atom stereocenters. The molecule has 0 fully saturated rings. The Morgan fingerprint density at radius 1 is 1.42 bits per heavy atom. The summed E-state index contributed by atoms with van der Waals surface area (Å²) >= 11 is 0. The van der Waals surface area contributed by atoms with Crippen LogP contribution in [0.1, 0.15) is 24.3 Å². The third-order valence-electron chi connectivity index (χ3n) is 2.68. The number of nitrogens with two attached hydrogens (primary N) is 1. The number of anilines is 1. The molecule has 0 spiro atoms. The molecule has 0 amide bonds. The zero-order chi connectivity index (χ0) is 13.8. The van der Waals surface area contributed by atoms with Gasteiger partial charge < -0.3 is 10.5 Å². The quantitative estimate of drug-likeness (QED) is 0.846. The maximum absolute atomic E-state index is 11.9. The van der Waals surface area contributed by atoms with Gasteiger partial charge in [0.1, 0.15) is 5.82 Å². The Kier molecular flexibility index (Phi) is 3.79. The third kappa shape index (κ3) is 2.42. The van der Waals surface area contributed by atoms with Crippen molar-refractivity contribution in [2.45, 2.75) is 20.4 Å². The van der Waals surface area contributed by atoms with Gasteiger partial charge in [0.15, 0.2) is 5.69 Å². The summed E-state index contributed by atoms with van der Waals surface area (Å²) < 4.78 is 6.57. The lowest BCUT2D eigenvalue weighted by molar-refractivity contribution is 0.0519. The van der Waals surface area contributed by atoms with Gasteiger partial charge in [-0.2, -0.15) is 5.10 Å². The molecule has 6 nitrogen and oxygen atoms in total. The zero-order valence-corrected chi connectivity index (χ0v) is 11.0. The monoisotopic (exact) mass is 260 g/mol. The van der Waals surface area contributed by atoms with Crippen LogP contribution in [0.25, 0.3) is 11.3 Å². The van der Waals surface area contributed by atoms with E-state index in [1.165, 1.54) is 0 Å². The summed E-state index contributed by atoms with van der Waals surface area (Å²) in [7, 11) is 0. The first-order valence-electron chi connectivity index (χ1n) is 6.13. The number of hydrogen-bond acceptors (Lipinski definition) is 5. The topological polar surface area (TPSA) is 83.0 Å². The lowest BCUT2D eigenvalue weighted by atomic mass is 10.1. The van der Waals surface area contributed by atoms with Crippen molar-refractivity contribution in [1.82, 2.24) is 14.8 Å². The zero-order valence-electron chi connectivity index (χ0n) is 11.0. The minimum absolute atomic E-state index is 0.208. The molecule has 0 aliphatic carbocycles. The number of esters is 1. The number of hydrogen-bond donors (Lipinski definition) is 1. The van der Waals surface area contributed by atoms with Gasteiger partial charge in [-0.25, -0.2) is 9.48 Å². The smallest absolute Gasteiger partial charge is 0.359 e. The molecule has 0 radical (unpaired) electrons. The Balaban J connectivity index is 2.57. The van der Waals surface area contributed by atoms with E-state index in [1.807, 2.05) is 13.0 Å². The molecule has 2 aromatic rings. The van der Waals surface area contributed by atoms with Crippen LogP contribution < -0.4 is 5.73 Å². The maximum Gasteiger partial charge on any atom is 0.359 e. The van der Waals surface area contributed by atoms with E-state index in [4.69, 9.17) is 10.5 Å². The van der Waals surface area contributed by atoms with E-state index in [1.54, 1.807) is 29.9 Å². The van der Waals surface area contributed by atoms with Gasteiger partial charge in [-0.05, 0) is 26.0 Å². The maximum atomic E-state index is 11.9. The highest BCUT2D eigenvalue weighted by molar-refractivity contribution is 5.97. The average Bonchev–Trinajstić information content (AvgIpc) is 2.77. The first kappa shape index (κ1) is 13.1. The Morgan fingerprint density at radius 2 is 2.21 bits per heavy atom. The van der Waals surface area contributed by atoms with Gasteiger partial charge in [0.05, 0.1) is 17.9 Å². The molecule has 6 heteroatoms. The number of carbonyl (C=O) groups is 1. The molecule has 0 atom stereocenters. The SMILES string of the molecule is CCOC(=O)c1nn(CC)c(N)c1-c1ccccn1. The molecule has 0 bridgehead atoms. The third-order valence-corrected chi connectivity index (χ3v) is 2.68. The molecule has 0 saturated heterocycles. The summed E-state index contributed by atoms with van der Waals surface area (Å²) in [6.07, 6.45) is 1.65. The number of nitrogens with zero attached hydrogens (tertiary/aromatic N) is 3. The van der Waals surface area contributed by atoms with Crippen molar-refractivity contribution >= 4 is 11.8 Å². The van der Waals surface area contributed by atoms with Gasteiger partial charge in [-0.15, -0.1) is 0 Å². The number of pyridine rings is 1. The Morgan fingerprint density at radius 3 is 2.79 bits per heavy atom. The summed E-state index contributed by atoms with van der Waals surface area (Å²) in [6.45, 7) is 4.52. The standard InChI is InChI=1S/C13H16N4O2/c1-3-17-12(14)10(9-7-5-6-8-15-9)11(16-17)13(18)19-4-2/h5-8H,3-4,14H2,1-2H3. The van der Waals surface area contributed by atoms with Crippen molar-refractivity contribution in [3.05, 3.63) is 30.1 Å². The molecule has 0 aromatic carbocycles.